The molecule has 3 amide bonds. The van der Waals surface area contributed by atoms with E-state index < -0.39 is 6.03 Å². The first-order chi connectivity index (χ1) is 7.00. The van der Waals surface area contributed by atoms with Gasteiger partial charge in [0.2, 0.25) is 5.91 Å². The number of hydrogen-bond acceptors (Lipinski definition) is 2. The maximum atomic E-state index is 11.2. The predicted octanol–water partition coefficient (Wildman–Crippen LogP) is 1.39. The summed E-state index contributed by atoms with van der Waals surface area (Å²) < 4.78 is 0.883. The quantitative estimate of drug-likeness (QED) is 0.758. The van der Waals surface area contributed by atoms with Crippen molar-refractivity contribution in [2.24, 2.45) is 5.73 Å². The molecule has 3 N–H and O–H groups in total. The van der Waals surface area contributed by atoms with Crippen molar-refractivity contribution in [3.05, 3.63) is 28.7 Å². The zero-order valence-electron chi connectivity index (χ0n) is 8.03. The van der Waals surface area contributed by atoms with Gasteiger partial charge in [0.15, 0.2) is 0 Å². The summed E-state index contributed by atoms with van der Waals surface area (Å²) in [4.78, 5) is 21.9. The van der Waals surface area contributed by atoms with Crippen LogP contribution >= 0.6 is 15.9 Å². The molecule has 0 fully saturated rings. The number of urea groups is 1. The van der Waals surface area contributed by atoms with Crippen molar-refractivity contribution < 1.29 is 9.59 Å². The molecule has 5 nitrogen and oxygen atoms in total. The summed E-state index contributed by atoms with van der Waals surface area (Å²) in [5, 5.41) is 1.08. The largest absolute Gasteiger partial charge is 0.350 e. The molecule has 1 rings (SSSR count). The molecule has 0 radical (unpaired) electrons. The number of nitrogens with one attached hydrogen (secondary N) is 1. The van der Waals surface area contributed by atoms with Crippen LogP contribution in [0.5, 0.6) is 0 Å². The maximum absolute atomic E-state index is 11.2. The minimum Gasteiger partial charge on any atom is -0.350 e. The Hall–Kier alpha value is -1.56. The fourth-order valence-electron chi connectivity index (χ4n) is 1.03. The predicted molar refractivity (Wildman–Crippen MR) is 60.0 cm³/mol. The van der Waals surface area contributed by atoms with Gasteiger partial charge in [0.25, 0.3) is 0 Å². The fraction of sp³-hybridized carbons (Fsp3) is 0.111. The summed E-state index contributed by atoms with van der Waals surface area (Å²) in [5.74, 6) is -0.323. The van der Waals surface area contributed by atoms with Crippen molar-refractivity contribution in [1.29, 1.82) is 0 Å². The average Bonchev–Trinajstić information content (AvgIpc) is 2.15. The molecule has 1 aromatic carbocycles. The van der Waals surface area contributed by atoms with Crippen molar-refractivity contribution in [1.82, 2.24) is 5.43 Å². The summed E-state index contributed by atoms with van der Waals surface area (Å²) in [6, 6.07) is 6.10. The molecular formula is C9H10BrN3O2. The molecule has 0 spiro atoms. The summed E-state index contributed by atoms with van der Waals surface area (Å²) >= 11 is 3.27. The van der Waals surface area contributed by atoms with Crippen molar-refractivity contribution >= 4 is 33.6 Å². The highest BCUT2D eigenvalue weighted by atomic mass is 79.9. The number of hydrazine groups is 1. The Balaban J connectivity index is 2.94. The summed E-state index contributed by atoms with van der Waals surface area (Å²) in [7, 11) is 0. The Morgan fingerprint density at radius 1 is 1.33 bits per heavy atom. The van der Waals surface area contributed by atoms with E-state index in [9.17, 15) is 9.59 Å². The minimum absolute atomic E-state index is 0.323. The first-order valence-corrected chi connectivity index (χ1v) is 4.92. The molecular weight excluding hydrogens is 262 g/mol. The molecule has 0 unspecified atom stereocenters. The molecule has 15 heavy (non-hydrogen) atoms. The number of amides is 3. The van der Waals surface area contributed by atoms with Gasteiger partial charge in [-0.3, -0.25) is 4.79 Å². The van der Waals surface area contributed by atoms with E-state index in [0.717, 1.165) is 9.48 Å². The third-order valence-electron chi connectivity index (χ3n) is 1.62. The van der Waals surface area contributed by atoms with Crippen LogP contribution in [0.3, 0.4) is 0 Å². The smallest absolute Gasteiger partial charge is 0.331 e. The molecule has 80 valence electrons. The normalized spacial score (nSPS) is 9.47. The Morgan fingerprint density at radius 2 is 1.87 bits per heavy atom. The van der Waals surface area contributed by atoms with Crippen LogP contribution in [-0.2, 0) is 4.79 Å². The zero-order valence-corrected chi connectivity index (χ0v) is 9.61. The van der Waals surface area contributed by atoms with E-state index in [1.54, 1.807) is 24.3 Å². The van der Waals surface area contributed by atoms with Gasteiger partial charge in [-0.15, -0.1) is 0 Å². The van der Waals surface area contributed by atoms with E-state index >= 15 is 0 Å². The minimum atomic E-state index is -0.784. The van der Waals surface area contributed by atoms with Gasteiger partial charge >= 0.3 is 6.03 Å². The van der Waals surface area contributed by atoms with E-state index in [-0.39, 0.29) is 5.91 Å². The van der Waals surface area contributed by atoms with Gasteiger partial charge in [-0.25, -0.2) is 15.2 Å². The van der Waals surface area contributed by atoms with Crippen molar-refractivity contribution in [3.8, 4) is 0 Å². The molecule has 0 bridgehead atoms. The topological polar surface area (TPSA) is 75.4 Å². The number of nitrogens with zero attached hydrogens (tertiary/aromatic N) is 1. The molecule has 0 aromatic heterocycles. The van der Waals surface area contributed by atoms with Crippen molar-refractivity contribution in [3.63, 3.8) is 0 Å². The Morgan fingerprint density at radius 3 is 2.27 bits per heavy atom. The number of primary amides is 1. The number of rotatable bonds is 1. The van der Waals surface area contributed by atoms with E-state index in [1.165, 1.54) is 6.92 Å². The second-order valence-electron chi connectivity index (χ2n) is 2.81. The number of halogens is 1. The van der Waals surface area contributed by atoms with E-state index in [2.05, 4.69) is 21.4 Å². The first-order valence-electron chi connectivity index (χ1n) is 4.13. The fourth-order valence-corrected chi connectivity index (χ4v) is 1.29. The summed E-state index contributed by atoms with van der Waals surface area (Å²) in [6.07, 6.45) is 0. The van der Waals surface area contributed by atoms with Gasteiger partial charge in [0, 0.05) is 11.4 Å². The lowest BCUT2D eigenvalue weighted by molar-refractivity contribution is -0.117. The molecule has 0 saturated carbocycles. The third kappa shape index (κ3) is 3.25. The lowest BCUT2D eigenvalue weighted by Gasteiger charge is -2.20. The SMILES string of the molecule is CC(=O)N(NC(N)=O)c1ccc(Br)cc1. The van der Waals surface area contributed by atoms with Gasteiger partial charge in [-0.2, -0.15) is 0 Å². The second-order valence-corrected chi connectivity index (χ2v) is 3.72. The molecule has 0 atom stereocenters. The van der Waals surface area contributed by atoms with Gasteiger partial charge < -0.3 is 5.73 Å². The zero-order chi connectivity index (χ0) is 11.4. The highest BCUT2D eigenvalue weighted by Crippen LogP contribution is 2.17. The summed E-state index contributed by atoms with van der Waals surface area (Å²) in [5.41, 5.74) is 7.71. The van der Waals surface area contributed by atoms with E-state index in [4.69, 9.17) is 5.73 Å². The highest BCUT2D eigenvalue weighted by molar-refractivity contribution is 9.10. The van der Waals surface area contributed by atoms with Gasteiger partial charge in [-0.1, -0.05) is 15.9 Å². The molecule has 6 heteroatoms. The first kappa shape index (κ1) is 11.5. The number of benzene rings is 1. The van der Waals surface area contributed by atoms with Gasteiger partial charge in [0.1, 0.15) is 0 Å². The third-order valence-corrected chi connectivity index (χ3v) is 2.15. The molecule has 1 aromatic rings. The number of carbonyl (C=O) groups is 2. The molecule has 0 aliphatic rings. The van der Waals surface area contributed by atoms with Crippen LogP contribution in [0.4, 0.5) is 10.5 Å². The Labute approximate surface area is 95.3 Å². The molecule has 0 aliphatic carbocycles. The summed E-state index contributed by atoms with van der Waals surface area (Å²) in [6.45, 7) is 1.33. The second kappa shape index (κ2) is 4.79. The van der Waals surface area contributed by atoms with Crippen LogP contribution in [0, 0.1) is 0 Å². The van der Waals surface area contributed by atoms with Crippen molar-refractivity contribution in [2.45, 2.75) is 6.92 Å². The Kier molecular flexibility index (Phi) is 3.68. The number of anilines is 1. The number of nitrogens with two attached hydrogens (primary N) is 1. The lowest BCUT2D eigenvalue weighted by Crippen LogP contribution is -2.47. The van der Waals surface area contributed by atoms with Crippen molar-refractivity contribution in [2.75, 3.05) is 5.01 Å². The number of hydrogen-bond donors (Lipinski definition) is 2. The van der Waals surface area contributed by atoms with E-state index in [1.807, 2.05) is 0 Å². The molecule has 0 saturated heterocycles. The van der Waals surface area contributed by atoms with Crippen LogP contribution in [0.1, 0.15) is 6.92 Å². The maximum Gasteiger partial charge on any atom is 0.331 e. The average molecular weight is 272 g/mol. The van der Waals surface area contributed by atoms with Gasteiger partial charge in [-0.05, 0) is 24.3 Å². The molecule has 0 heterocycles. The van der Waals surface area contributed by atoms with E-state index in [0.29, 0.717) is 5.69 Å². The molecule has 0 aliphatic heterocycles. The highest BCUT2D eigenvalue weighted by Gasteiger charge is 2.12. The lowest BCUT2D eigenvalue weighted by atomic mass is 10.3. The number of carbonyl (C=O) groups excluding carboxylic acids is 2. The standard InChI is InChI=1S/C9H10BrN3O2/c1-6(14)13(12-9(11)15)8-4-2-7(10)3-5-8/h2-5H,1H3,(H3,11,12,15). The van der Waals surface area contributed by atoms with Crippen LogP contribution in [-0.4, -0.2) is 11.9 Å². The van der Waals surface area contributed by atoms with Crippen LogP contribution < -0.4 is 16.2 Å². The van der Waals surface area contributed by atoms with Gasteiger partial charge in [0.05, 0.1) is 5.69 Å². The monoisotopic (exact) mass is 271 g/mol. The van der Waals surface area contributed by atoms with Crippen LogP contribution in [0.25, 0.3) is 0 Å². The van der Waals surface area contributed by atoms with Crippen LogP contribution in [0.15, 0.2) is 28.7 Å². The van der Waals surface area contributed by atoms with Crippen LogP contribution in [0.2, 0.25) is 0 Å². The Bertz CT molecular complexity index is 377.